The van der Waals surface area contributed by atoms with E-state index < -0.39 is 20.3 Å². The number of hydrogen-bond donors (Lipinski definition) is 2. The quantitative estimate of drug-likeness (QED) is 0.584. The molecule has 0 amide bonds. The molecule has 1 aliphatic heterocycles. The van der Waals surface area contributed by atoms with Crippen LogP contribution in [-0.4, -0.2) is 37.6 Å². The third-order valence-electron chi connectivity index (χ3n) is 4.56. The molecule has 3 atom stereocenters. The summed E-state index contributed by atoms with van der Waals surface area (Å²) in [6, 6.07) is -0.372. The highest BCUT2D eigenvalue weighted by atomic mass is 28.4. The lowest BCUT2D eigenvalue weighted by Gasteiger charge is -2.39. The van der Waals surface area contributed by atoms with Gasteiger partial charge in [0.2, 0.25) is 0 Å². The number of nitrogens with one attached hydrogen (secondary N) is 1. The molecule has 1 heterocycles. The minimum absolute atomic E-state index is 0.00283. The molecule has 3 unspecified atom stereocenters. The summed E-state index contributed by atoms with van der Waals surface area (Å²) in [6.07, 6.45) is 4.19. The van der Waals surface area contributed by atoms with Crippen molar-refractivity contribution in [3.05, 3.63) is 12.7 Å². The fraction of sp³-hybridized carbons (Fsp3) is 0.800. The van der Waals surface area contributed by atoms with Crippen LogP contribution in [0.4, 0.5) is 0 Å². The van der Waals surface area contributed by atoms with Crippen LogP contribution >= 0.6 is 0 Å². The number of aliphatic carboxylic acids is 1. The van der Waals surface area contributed by atoms with Crippen molar-refractivity contribution < 1.29 is 14.3 Å². The molecule has 1 rings (SSSR count). The Morgan fingerprint density at radius 2 is 2.10 bits per heavy atom. The normalized spacial score (nSPS) is 27.6. The Labute approximate surface area is 123 Å². The fourth-order valence-corrected chi connectivity index (χ4v) is 3.63. The van der Waals surface area contributed by atoms with Crippen molar-refractivity contribution in [3.63, 3.8) is 0 Å². The number of carboxylic acids is 1. The molecule has 2 N–H and O–H groups in total. The van der Waals surface area contributed by atoms with Crippen molar-refractivity contribution in [2.45, 2.75) is 76.4 Å². The second-order valence-electron chi connectivity index (χ2n) is 7.18. The van der Waals surface area contributed by atoms with Gasteiger partial charge in [0.1, 0.15) is 6.04 Å². The standard InChI is InChI=1S/C15H29NO3Si/c1-7-8-9-11-13(10-12(16-11)14(17)18)19-20(5,6)15(2,3)4/h7,11-13,16H,1,8-10H2,2-6H3,(H,17,18). The number of carboxylic acid groups (broad SMARTS) is 1. The maximum atomic E-state index is 11.2. The average molecular weight is 299 g/mol. The number of rotatable bonds is 6. The second-order valence-corrected chi connectivity index (χ2v) is 11.9. The number of hydrogen-bond acceptors (Lipinski definition) is 3. The fourth-order valence-electron chi connectivity index (χ4n) is 2.25. The zero-order chi connectivity index (χ0) is 15.6. The molecule has 0 aromatic rings. The van der Waals surface area contributed by atoms with Crippen molar-refractivity contribution in [2.75, 3.05) is 0 Å². The molecule has 0 aliphatic carbocycles. The van der Waals surface area contributed by atoms with Crippen LogP contribution in [0.2, 0.25) is 18.1 Å². The van der Waals surface area contributed by atoms with Gasteiger partial charge in [-0.15, -0.1) is 6.58 Å². The van der Waals surface area contributed by atoms with Gasteiger partial charge in [-0.25, -0.2) is 0 Å². The Balaban J connectivity index is 2.78. The smallest absolute Gasteiger partial charge is 0.320 e. The van der Waals surface area contributed by atoms with Gasteiger partial charge in [0.15, 0.2) is 8.32 Å². The molecule has 0 spiro atoms. The number of allylic oxidation sites excluding steroid dienone is 1. The average Bonchev–Trinajstić information content (AvgIpc) is 2.67. The molecule has 0 aromatic carbocycles. The second kappa shape index (κ2) is 6.41. The Morgan fingerprint density at radius 3 is 2.55 bits per heavy atom. The van der Waals surface area contributed by atoms with Crippen molar-refractivity contribution in [3.8, 4) is 0 Å². The molecule has 5 heteroatoms. The minimum Gasteiger partial charge on any atom is -0.480 e. The van der Waals surface area contributed by atoms with Gasteiger partial charge in [-0.3, -0.25) is 10.1 Å². The van der Waals surface area contributed by atoms with Crippen molar-refractivity contribution in [1.29, 1.82) is 0 Å². The highest BCUT2D eigenvalue weighted by Gasteiger charge is 2.44. The van der Waals surface area contributed by atoms with E-state index in [2.05, 4.69) is 45.8 Å². The maximum Gasteiger partial charge on any atom is 0.320 e. The Hall–Kier alpha value is -0.653. The van der Waals surface area contributed by atoms with Gasteiger partial charge in [0.05, 0.1) is 6.10 Å². The van der Waals surface area contributed by atoms with E-state index in [1.165, 1.54) is 0 Å². The molecule has 4 nitrogen and oxygen atoms in total. The third-order valence-corrected chi connectivity index (χ3v) is 9.07. The summed E-state index contributed by atoms with van der Waals surface area (Å²) in [5.41, 5.74) is 0. The van der Waals surface area contributed by atoms with Gasteiger partial charge in [0.25, 0.3) is 0 Å². The highest BCUT2D eigenvalue weighted by molar-refractivity contribution is 6.74. The molecule has 116 valence electrons. The first-order valence-corrected chi connectivity index (χ1v) is 10.3. The van der Waals surface area contributed by atoms with Crippen LogP contribution in [0, 0.1) is 0 Å². The lowest BCUT2D eigenvalue weighted by Crippen LogP contribution is -2.47. The van der Waals surface area contributed by atoms with Gasteiger partial charge < -0.3 is 9.53 Å². The summed E-state index contributed by atoms with van der Waals surface area (Å²) in [7, 11) is -1.87. The molecule has 0 saturated carbocycles. The van der Waals surface area contributed by atoms with Crippen LogP contribution in [0.25, 0.3) is 0 Å². The van der Waals surface area contributed by atoms with E-state index in [9.17, 15) is 9.90 Å². The van der Waals surface area contributed by atoms with Crippen molar-refractivity contribution >= 4 is 14.3 Å². The third kappa shape index (κ3) is 4.17. The molecule has 0 bridgehead atoms. The SMILES string of the molecule is C=CCCC1NC(C(=O)O)CC1O[Si](C)(C)C(C)(C)C. The van der Waals surface area contributed by atoms with Crippen molar-refractivity contribution in [2.24, 2.45) is 0 Å². The van der Waals surface area contributed by atoms with E-state index in [1.54, 1.807) is 0 Å². The van der Waals surface area contributed by atoms with Crippen LogP contribution < -0.4 is 5.32 Å². The summed E-state index contributed by atoms with van der Waals surface area (Å²) in [4.78, 5) is 11.2. The van der Waals surface area contributed by atoms with Crippen LogP contribution in [0.15, 0.2) is 12.7 Å². The summed E-state index contributed by atoms with van der Waals surface area (Å²) in [5, 5.41) is 12.5. The molecule has 0 aromatic heterocycles. The monoisotopic (exact) mass is 299 g/mol. The predicted octanol–water partition coefficient (Wildman–Crippen LogP) is 3.16. The summed E-state index contributed by atoms with van der Waals surface area (Å²) in [5.74, 6) is -0.782. The molecular weight excluding hydrogens is 270 g/mol. The van der Waals surface area contributed by atoms with Gasteiger partial charge >= 0.3 is 5.97 Å². The molecule has 20 heavy (non-hydrogen) atoms. The van der Waals surface area contributed by atoms with Crippen LogP contribution in [0.3, 0.4) is 0 Å². The Kier molecular flexibility index (Phi) is 5.58. The predicted molar refractivity (Wildman–Crippen MR) is 84.5 cm³/mol. The Bertz CT molecular complexity index is 363. The van der Waals surface area contributed by atoms with E-state index in [0.717, 1.165) is 12.8 Å². The highest BCUT2D eigenvalue weighted by Crippen LogP contribution is 2.39. The zero-order valence-corrected chi connectivity index (χ0v) is 14.4. The largest absolute Gasteiger partial charge is 0.480 e. The minimum atomic E-state index is -1.87. The maximum absolute atomic E-state index is 11.2. The molecular formula is C15H29NO3Si. The van der Waals surface area contributed by atoms with E-state index in [0.29, 0.717) is 6.42 Å². The Morgan fingerprint density at radius 1 is 1.50 bits per heavy atom. The van der Waals surface area contributed by atoms with Gasteiger partial charge in [0, 0.05) is 6.04 Å². The topological polar surface area (TPSA) is 58.6 Å². The number of carbonyl (C=O) groups is 1. The molecule has 0 radical (unpaired) electrons. The van der Waals surface area contributed by atoms with Gasteiger partial charge in [-0.05, 0) is 37.4 Å². The zero-order valence-electron chi connectivity index (χ0n) is 13.4. The first-order valence-electron chi connectivity index (χ1n) is 7.36. The van der Waals surface area contributed by atoms with E-state index in [4.69, 9.17) is 4.43 Å². The lowest BCUT2D eigenvalue weighted by atomic mass is 10.1. The molecule has 1 saturated heterocycles. The van der Waals surface area contributed by atoms with Crippen LogP contribution in [0.5, 0.6) is 0 Å². The van der Waals surface area contributed by atoms with Crippen LogP contribution in [-0.2, 0) is 9.22 Å². The lowest BCUT2D eigenvalue weighted by molar-refractivity contribution is -0.139. The molecule has 1 aliphatic rings. The summed E-state index contributed by atoms with van der Waals surface area (Å²) in [6.45, 7) is 14.8. The first kappa shape index (κ1) is 17.4. The van der Waals surface area contributed by atoms with Gasteiger partial charge in [-0.1, -0.05) is 26.8 Å². The van der Waals surface area contributed by atoms with Crippen LogP contribution in [0.1, 0.15) is 40.0 Å². The molecule has 1 fully saturated rings. The van der Waals surface area contributed by atoms with Gasteiger partial charge in [-0.2, -0.15) is 0 Å². The summed E-state index contributed by atoms with van der Waals surface area (Å²) >= 11 is 0. The first-order chi connectivity index (χ1) is 9.08. The summed E-state index contributed by atoms with van der Waals surface area (Å²) < 4.78 is 6.43. The van der Waals surface area contributed by atoms with E-state index in [-0.39, 0.29) is 17.2 Å². The van der Waals surface area contributed by atoms with E-state index in [1.807, 2.05) is 6.08 Å². The van der Waals surface area contributed by atoms with E-state index >= 15 is 0 Å². The van der Waals surface area contributed by atoms with Crippen molar-refractivity contribution in [1.82, 2.24) is 5.32 Å².